The van der Waals surface area contributed by atoms with E-state index in [0.29, 0.717) is 35.0 Å². The van der Waals surface area contributed by atoms with E-state index in [4.69, 9.17) is 16.3 Å². The molecule has 0 aliphatic heterocycles. The zero-order valence-electron chi connectivity index (χ0n) is 16.0. The van der Waals surface area contributed by atoms with Crippen LogP contribution in [-0.2, 0) is 0 Å². The minimum atomic E-state index is -0.246. The van der Waals surface area contributed by atoms with Crippen molar-refractivity contribution in [2.75, 3.05) is 18.6 Å². The lowest BCUT2D eigenvalue weighted by Gasteiger charge is -2.32. The molecule has 0 bridgehead atoms. The molecule has 0 saturated heterocycles. The first-order chi connectivity index (χ1) is 12.4. The summed E-state index contributed by atoms with van der Waals surface area (Å²) in [6.07, 6.45) is 9.36. The lowest BCUT2D eigenvalue weighted by molar-refractivity contribution is 0.144. The van der Waals surface area contributed by atoms with Crippen molar-refractivity contribution >= 4 is 17.3 Å². The average molecular weight is 378 g/mol. The monoisotopic (exact) mass is 377 g/mol. The van der Waals surface area contributed by atoms with Crippen molar-refractivity contribution < 1.29 is 9.13 Å². The Labute approximate surface area is 161 Å². The molecular weight excluding hydrogens is 349 g/mol. The average Bonchev–Trinajstić information content (AvgIpc) is 3.23. The van der Waals surface area contributed by atoms with Gasteiger partial charge in [0.2, 0.25) is 0 Å². The van der Waals surface area contributed by atoms with Gasteiger partial charge in [-0.15, -0.1) is 0 Å². The zero-order valence-corrected chi connectivity index (χ0v) is 16.8. The van der Waals surface area contributed by atoms with E-state index in [2.05, 4.69) is 24.8 Å². The number of nitrogens with zero attached hydrogens (tertiary/aromatic N) is 1. The summed E-state index contributed by atoms with van der Waals surface area (Å²) >= 11 is 6.46. The minimum absolute atomic E-state index is 0.124. The minimum Gasteiger partial charge on any atom is -0.491 e. The first-order valence-electron chi connectivity index (χ1n) is 9.90. The van der Waals surface area contributed by atoms with Gasteiger partial charge in [-0.3, -0.25) is 0 Å². The van der Waals surface area contributed by atoms with Gasteiger partial charge in [0.1, 0.15) is 11.6 Å². The summed E-state index contributed by atoms with van der Waals surface area (Å²) in [5, 5.41) is 0.501. The van der Waals surface area contributed by atoms with Crippen LogP contribution >= 0.6 is 11.6 Å². The third-order valence-electron chi connectivity index (χ3n) is 6.71. The molecule has 1 aromatic carbocycles. The van der Waals surface area contributed by atoms with Crippen LogP contribution in [0.4, 0.5) is 10.1 Å². The van der Waals surface area contributed by atoms with Crippen LogP contribution in [0.15, 0.2) is 23.8 Å². The van der Waals surface area contributed by atoms with Crippen molar-refractivity contribution in [2.24, 2.45) is 17.3 Å². The van der Waals surface area contributed by atoms with Gasteiger partial charge in [0.25, 0.3) is 0 Å². The predicted molar refractivity (Wildman–Crippen MR) is 106 cm³/mol. The zero-order chi connectivity index (χ0) is 18.5. The summed E-state index contributed by atoms with van der Waals surface area (Å²) in [6, 6.07) is 3.59. The second kappa shape index (κ2) is 6.74. The number of fused-ring (bicyclic) bond motifs is 1. The van der Waals surface area contributed by atoms with Gasteiger partial charge in [0.15, 0.2) is 0 Å². The van der Waals surface area contributed by atoms with E-state index in [0.717, 1.165) is 18.8 Å². The Morgan fingerprint density at radius 1 is 1.35 bits per heavy atom. The fourth-order valence-electron chi connectivity index (χ4n) is 4.88. The summed E-state index contributed by atoms with van der Waals surface area (Å²) in [6.45, 7) is 5.09. The van der Waals surface area contributed by atoms with Crippen molar-refractivity contribution in [3.8, 4) is 5.75 Å². The number of rotatable bonds is 5. The van der Waals surface area contributed by atoms with Crippen LogP contribution in [0.5, 0.6) is 5.75 Å². The highest BCUT2D eigenvalue weighted by Crippen LogP contribution is 2.52. The van der Waals surface area contributed by atoms with Crippen molar-refractivity contribution in [3.63, 3.8) is 0 Å². The van der Waals surface area contributed by atoms with Gasteiger partial charge in [-0.2, -0.15) is 0 Å². The van der Waals surface area contributed by atoms with Crippen molar-refractivity contribution in [1.82, 2.24) is 0 Å². The quantitative estimate of drug-likeness (QED) is 0.564. The molecule has 3 aliphatic carbocycles. The number of allylic oxidation sites excluding steroid dienone is 2. The molecule has 0 radical (unpaired) electrons. The molecule has 0 aromatic heterocycles. The van der Waals surface area contributed by atoms with E-state index in [9.17, 15) is 4.39 Å². The maximum absolute atomic E-state index is 14.8. The van der Waals surface area contributed by atoms with Crippen LogP contribution in [0.1, 0.15) is 52.4 Å². The van der Waals surface area contributed by atoms with E-state index in [1.807, 2.05) is 7.05 Å². The molecule has 4 atom stereocenters. The second-order valence-electron chi connectivity index (χ2n) is 9.01. The van der Waals surface area contributed by atoms with E-state index in [-0.39, 0.29) is 11.2 Å². The molecule has 4 heteroatoms. The lowest BCUT2D eigenvalue weighted by Crippen LogP contribution is -2.34. The number of halogens is 2. The Morgan fingerprint density at radius 2 is 2.15 bits per heavy atom. The van der Waals surface area contributed by atoms with Gasteiger partial charge < -0.3 is 9.64 Å². The Balaban J connectivity index is 1.46. The van der Waals surface area contributed by atoms with E-state index in [1.165, 1.54) is 31.7 Å². The number of hydrogen-bond acceptors (Lipinski definition) is 2. The molecule has 0 N–H and O–H groups in total. The van der Waals surface area contributed by atoms with Gasteiger partial charge in [-0.1, -0.05) is 43.5 Å². The van der Waals surface area contributed by atoms with Crippen molar-refractivity contribution in [2.45, 2.75) is 58.4 Å². The summed E-state index contributed by atoms with van der Waals surface area (Å²) < 4.78 is 20.8. The van der Waals surface area contributed by atoms with Crippen LogP contribution in [0.2, 0.25) is 5.02 Å². The largest absolute Gasteiger partial charge is 0.491 e. The van der Waals surface area contributed by atoms with Gasteiger partial charge >= 0.3 is 0 Å². The first kappa shape index (κ1) is 18.2. The van der Waals surface area contributed by atoms with Crippen LogP contribution < -0.4 is 9.64 Å². The molecule has 2 saturated carbocycles. The summed E-state index contributed by atoms with van der Waals surface area (Å²) in [5.74, 6) is 1.56. The van der Waals surface area contributed by atoms with E-state index >= 15 is 0 Å². The van der Waals surface area contributed by atoms with Crippen molar-refractivity contribution in [1.29, 1.82) is 0 Å². The van der Waals surface area contributed by atoms with E-state index in [1.54, 1.807) is 11.6 Å². The molecule has 4 rings (SSSR count). The van der Waals surface area contributed by atoms with Gasteiger partial charge in [-0.25, -0.2) is 4.39 Å². The second-order valence-corrected chi connectivity index (χ2v) is 9.42. The molecule has 1 unspecified atom stereocenters. The third-order valence-corrected chi connectivity index (χ3v) is 7.01. The Bertz CT molecular complexity index is 733. The Morgan fingerprint density at radius 3 is 2.85 bits per heavy atom. The molecule has 0 amide bonds. The maximum atomic E-state index is 14.8. The van der Waals surface area contributed by atoms with Gasteiger partial charge in [0.05, 0.1) is 17.3 Å². The van der Waals surface area contributed by atoms with Crippen LogP contribution in [-0.4, -0.2) is 19.7 Å². The molecule has 26 heavy (non-hydrogen) atoms. The first-order valence-corrected chi connectivity index (χ1v) is 10.3. The number of benzene rings is 1. The number of anilines is 1. The molecule has 142 valence electrons. The molecule has 1 aromatic rings. The van der Waals surface area contributed by atoms with Gasteiger partial charge in [-0.05, 0) is 50.0 Å². The standard InChI is InChI=1S/C22H29ClFNO/c1-14-5-4-6-19(14)25(3)20-10-17(23)21(11-18(20)24)26-13-22(2)8-7-15-9-16(15)12-22/h7,10-11,14,16,19H,4-6,8-9,12-13H2,1-3H3/t14-,16-,19-,22?/m1/s1. The fourth-order valence-corrected chi connectivity index (χ4v) is 5.10. The topological polar surface area (TPSA) is 12.5 Å². The highest BCUT2D eigenvalue weighted by molar-refractivity contribution is 6.32. The van der Waals surface area contributed by atoms with Crippen LogP contribution in [0.25, 0.3) is 0 Å². The normalized spacial score (nSPS) is 32.8. The highest BCUT2D eigenvalue weighted by atomic mass is 35.5. The highest BCUT2D eigenvalue weighted by Gasteiger charge is 2.41. The Kier molecular flexibility index (Phi) is 4.71. The molecule has 3 aliphatic rings. The molecular formula is C22H29ClFNO. The summed E-state index contributed by atoms with van der Waals surface area (Å²) in [4.78, 5) is 2.06. The molecule has 2 nitrogen and oxygen atoms in total. The Hall–Kier alpha value is -1.22. The number of hydrogen-bond donors (Lipinski definition) is 0. The van der Waals surface area contributed by atoms with Crippen LogP contribution in [0.3, 0.4) is 0 Å². The smallest absolute Gasteiger partial charge is 0.150 e. The maximum Gasteiger partial charge on any atom is 0.150 e. The lowest BCUT2D eigenvalue weighted by atomic mass is 9.79. The summed E-state index contributed by atoms with van der Waals surface area (Å²) in [7, 11) is 1.98. The number of ether oxygens (including phenoxy) is 1. The van der Waals surface area contributed by atoms with Crippen molar-refractivity contribution in [3.05, 3.63) is 34.6 Å². The fraction of sp³-hybridized carbons (Fsp3) is 0.636. The van der Waals surface area contributed by atoms with Gasteiger partial charge in [0, 0.05) is 24.6 Å². The predicted octanol–water partition coefficient (Wildman–Crippen LogP) is 6.23. The SMILES string of the molecule is C[C@@H]1CCC[C@H]1N(C)c1cc(Cl)c(OCC2(C)CC=C3C[C@@H]3C2)cc1F. The molecule has 2 fully saturated rings. The summed E-state index contributed by atoms with van der Waals surface area (Å²) in [5.41, 5.74) is 2.31. The third kappa shape index (κ3) is 3.47. The molecule has 0 heterocycles. The molecule has 0 spiro atoms. The van der Waals surface area contributed by atoms with Crippen LogP contribution in [0, 0.1) is 23.1 Å². The van der Waals surface area contributed by atoms with E-state index < -0.39 is 0 Å².